The number of amides is 1. The van der Waals surface area contributed by atoms with Crippen LogP contribution in [0.3, 0.4) is 0 Å². The summed E-state index contributed by atoms with van der Waals surface area (Å²) in [7, 11) is 2.10. The highest BCUT2D eigenvalue weighted by Crippen LogP contribution is 2.17. The van der Waals surface area contributed by atoms with Gasteiger partial charge in [0.05, 0.1) is 5.92 Å². The zero-order valence-corrected chi connectivity index (χ0v) is 13.4. The number of nitrogens with zero attached hydrogens (tertiary/aromatic N) is 2. The zero-order chi connectivity index (χ0) is 15.4. The van der Waals surface area contributed by atoms with Gasteiger partial charge in [0.25, 0.3) is 0 Å². The Morgan fingerprint density at radius 1 is 1.24 bits per heavy atom. The van der Waals surface area contributed by atoms with Gasteiger partial charge < -0.3 is 15.5 Å². The molecular weight excluding hydrogens is 262 g/mol. The van der Waals surface area contributed by atoms with Gasteiger partial charge in [-0.1, -0.05) is 23.8 Å². The molecule has 1 aliphatic heterocycles. The summed E-state index contributed by atoms with van der Waals surface area (Å²) in [5.74, 6) is 0.111. The highest BCUT2D eigenvalue weighted by atomic mass is 16.2. The van der Waals surface area contributed by atoms with Crippen LogP contribution in [0.25, 0.3) is 0 Å². The van der Waals surface area contributed by atoms with Crippen molar-refractivity contribution >= 4 is 5.91 Å². The van der Waals surface area contributed by atoms with Crippen molar-refractivity contribution in [3.63, 3.8) is 0 Å². The van der Waals surface area contributed by atoms with E-state index in [-0.39, 0.29) is 11.8 Å². The molecule has 1 aliphatic rings. The van der Waals surface area contributed by atoms with Gasteiger partial charge in [0.15, 0.2) is 0 Å². The highest BCUT2D eigenvalue weighted by Gasteiger charge is 2.26. The van der Waals surface area contributed by atoms with Crippen molar-refractivity contribution in [2.24, 2.45) is 11.7 Å². The van der Waals surface area contributed by atoms with Gasteiger partial charge >= 0.3 is 0 Å². The standard InChI is InChI=1S/C17H27N3O/c1-13-4-5-15(14(2)10-13)11-16(12-18)17(21)20-8-6-19(3)7-9-20/h4-5,10,16H,6-9,11-12,18H2,1-3H3. The number of likely N-dealkylation sites (N-methyl/N-ethyl adjacent to an activating group) is 1. The van der Waals surface area contributed by atoms with Crippen LogP contribution in [-0.4, -0.2) is 55.5 Å². The Hall–Kier alpha value is -1.39. The van der Waals surface area contributed by atoms with E-state index in [0.717, 1.165) is 32.6 Å². The van der Waals surface area contributed by atoms with Gasteiger partial charge in [-0.2, -0.15) is 0 Å². The normalized spacial score (nSPS) is 17.8. The second-order valence-corrected chi connectivity index (χ2v) is 6.20. The molecule has 0 bridgehead atoms. The fourth-order valence-electron chi connectivity index (χ4n) is 2.90. The Bertz CT molecular complexity index is 493. The number of nitrogens with two attached hydrogens (primary N) is 1. The van der Waals surface area contributed by atoms with E-state index in [1.165, 1.54) is 16.7 Å². The molecule has 0 aromatic heterocycles. The van der Waals surface area contributed by atoms with Gasteiger partial charge in [0, 0.05) is 32.7 Å². The van der Waals surface area contributed by atoms with Crippen molar-refractivity contribution in [2.45, 2.75) is 20.3 Å². The van der Waals surface area contributed by atoms with Crippen molar-refractivity contribution in [3.05, 3.63) is 34.9 Å². The molecule has 0 spiro atoms. The molecule has 4 heteroatoms. The van der Waals surface area contributed by atoms with Crippen LogP contribution in [-0.2, 0) is 11.2 Å². The Morgan fingerprint density at radius 2 is 1.90 bits per heavy atom. The van der Waals surface area contributed by atoms with Crippen LogP contribution in [0, 0.1) is 19.8 Å². The summed E-state index contributed by atoms with van der Waals surface area (Å²) in [6.45, 7) is 8.15. The van der Waals surface area contributed by atoms with Crippen LogP contribution in [0.2, 0.25) is 0 Å². The molecule has 1 fully saturated rings. The number of carbonyl (C=O) groups excluding carboxylic acids is 1. The van der Waals surface area contributed by atoms with Crippen LogP contribution in [0.5, 0.6) is 0 Å². The van der Waals surface area contributed by atoms with Gasteiger partial charge in [-0.15, -0.1) is 0 Å². The number of rotatable bonds is 4. The molecule has 0 radical (unpaired) electrons. The number of benzene rings is 1. The lowest BCUT2D eigenvalue weighted by atomic mass is 9.94. The fraction of sp³-hybridized carbons (Fsp3) is 0.588. The topological polar surface area (TPSA) is 49.6 Å². The van der Waals surface area contributed by atoms with Crippen molar-refractivity contribution in [2.75, 3.05) is 39.8 Å². The fourth-order valence-corrected chi connectivity index (χ4v) is 2.90. The largest absolute Gasteiger partial charge is 0.340 e. The molecule has 4 nitrogen and oxygen atoms in total. The maximum atomic E-state index is 12.6. The van der Waals surface area contributed by atoms with Gasteiger partial charge in [0.1, 0.15) is 0 Å². The molecule has 0 aliphatic carbocycles. The summed E-state index contributed by atoms with van der Waals surface area (Å²) in [4.78, 5) is 16.9. The summed E-state index contributed by atoms with van der Waals surface area (Å²) in [5, 5.41) is 0. The van der Waals surface area contributed by atoms with Gasteiger partial charge in [-0.3, -0.25) is 4.79 Å². The van der Waals surface area contributed by atoms with E-state index in [1.54, 1.807) is 0 Å². The monoisotopic (exact) mass is 289 g/mol. The van der Waals surface area contributed by atoms with Gasteiger partial charge in [-0.25, -0.2) is 0 Å². The molecule has 2 rings (SSSR count). The first-order valence-electron chi connectivity index (χ1n) is 7.74. The second kappa shape index (κ2) is 7.05. The lowest BCUT2D eigenvalue weighted by Crippen LogP contribution is -2.50. The summed E-state index contributed by atoms with van der Waals surface area (Å²) in [5.41, 5.74) is 9.62. The first-order chi connectivity index (χ1) is 10.0. The third-order valence-corrected chi connectivity index (χ3v) is 4.41. The summed E-state index contributed by atoms with van der Waals surface area (Å²) >= 11 is 0. The van der Waals surface area contributed by atoms with Crippen LogP contribution in [0.15, 0.2) is 18.2 Å². The first-order valence-corrected chi connectivity index (χ1v) is 7.74. The minimum absolute atomic E-state index is 0.102. The number of aryl methyl sites for hydroxylation is 2. The molecule has 0 saturated carbocycles. The minimum atomic E-state index is -0.102. The van der Waals surface area contributed by atoms with E-state index in [1.807, 2.05) is 4.90 Å². The number of piperazine rings is 1. The van der Waals surface area contributed by atoms with Crippen molar-refractivity contribution in [3.8, 4) is 0 Å². The Balaban J connectivity index is 2.03. The van der Waals surface area contributed by atoms with Crippen LogP contribution < -0.4 is 5.73 Å². The maximum Gasteiger partial charge on any atom is 0.227 e. The average molecular weight is 289 g/mol. The van der Waals surface area contributed by atoms with E-state index in [4.69, 9.17) is 5.73 Å². The van der Waals surface area contributed by atoms with E-state index < -0.39 is 0 Å². The molecule has 2 N–H and O–H groups in total. The molecule has 1 saturated heterocycles. The second-order valence-electron chi connectivity index (χ2n) is 6.20. The third kappa shape index (κ3) is 4.05. The molecule has 1 amide bonds. The van der Waals surface area contributed by atoms with E-state index in [9.17, 15) is 4.79 Å². The Labute approximate surface area is 127 Å². The summed E-state index contributed by atoms with van der Waals surface area (Å²) < 4.78 is 0. The first kappa shape index (κ1) is 16.0. The van der Waals surface area contributed by atoms with E-state index >= 15 is 0 Å². The molecule has 1 unspecified atom stereocenters. The van der Waals surface area contributed by atoms with Crippen molar-refractivity contribution in [1.82, 2.24) is 9.80 Å². The molecule has 1 atom stereocenters. The lowest BCUT2D eigenvalue weighted by Gasteiger charge is -2.34. The SMILES string of the molecule is Cc1ccc(CC(CN)C(=O)N2CCN(C)CC2)c(C)c1. The van der Waals surface area contributed by atoms with Crippen LogP contribution in [0.4, 0.5) is 0 Å². The molecule has 116 valence electrons. The number of carbonyl (C=O) groups is 1. The van der Waals surface area contributed by atoms with E-state index in [2.05, 4.69) is 44.0 Å². The van der Waals surface area contributed by atoms with Crippen molar-refractivity contribution in [1.29, 1.82) is 0 Å². The predicted octanol–water partition coefficient (Wildman–Crippen LogP) is 1.19. The quantitative estimate of drug-likeness (QED) is 0.906. The predicted molar refractivity (Wildman–Crippen MR) is 86.2 cm³/mol. The third-order valence-electron chi connectivity index (χ3n) is 4.41. The van der Waals surface area contributed by atoms with Crippen LogP contribution in [0.1, 0.15) is 16.7 Å². The van der Waals surface area contributed by atoms with Crippen LogP contribution >= 0.6 is 0 Å². The summed E-state index contributed by atoms with van der Waals surface area (Å²) in [6.07, 6.45) is 0.744. The molecular formula is C17H27N3O. The molecule has 1 aromatic rings. The Morgan fingerprint density at radius 3 is 2.48 bits per heavy atom. The zero-order valence-electron chi connectivity index (χ0n) is 13.4. The average Bonchev–Trinajstić information content (AvgIpc) is 2.47. The number of hydrogen-bond acceptors (Lipinski definition) is 3. The summed E-state index contributed by atoms with van der Waals surface area (Å²) in [6, 6.07) is 6.41. The molecule has 21 heavy (non-hydrogen) atoms. The lowest BCUT2D eigenvalue weighted by molar-refractivity contribution is -0.136. The molecule has 1 heterocycles. The Kier molecular flexibility index (Phi) is 5.37. The van der Waals surface area contributed by atoms with Gasteiger partial charge in [0.2, 0.25) is 5.91 Å². The minimum Gasteiger partial charge on any atom is -0.340 e. The highest BCUT2D eigenvalue weighted by molar-refractivity contribution is 5.79. The maximum absolute atomic E-state index is 12.6. The van der Waals surface area contributed by atoms with E-state index in [0.29, 0.717) is 6.54 Å². The van der Waals surface area contributed by atoms with Gasteiger partial charge in [-0.05, 0) is 38.4 Å². The molecule has 1 aromatic carbocycles. The van der Waals surface area contributed by atoms with Crippen molar-refractivity contribution < 1.29 is 4.79 Å². The smallest absolute Gasteiger partial charge is 0.227 e. The number of hydrogen-bond donors (Lipinski definition) is 1.